The first-order chi connectivity index (χ1) is 14.6. The SMILES string of the molecule is CN(CC(=O)N1N=C(c2ccccc2)CC1c1ccc(Cl)cc1)Cc1ccccc1. The van der Waals surface area contributed by atoms with Gasteiger partial charge in [-0.1, -0.05) is 84.4 Å². The molecule has 1 aliphatic heterocycles. The smallest absolute Gasteiger partial charge is 0.257 e. The van der Waals surface area contributed by atoms with Crippen LogP contribution in [0.4, 0.5) is 0 Å². The van der Waals surface area contributed by atoms with Gasteiger partial charge in [-0.05, 0) is 35.9 Å². The first kappa shape index (κ1) is 20.3. The molecule has 0 spiro atoms. The second-order valence-corrected chi connectivity index (χ2v) is 8.02. The lowest BCUT2D eigenvalue weighted by Crippen LogP contribution is -2.36. The molecule has 4 rings (SSSR count). The molecule has 0 aliphatic carbocycles. The summed E-state index contributed by atoms with van der Waals surface area (Å²) in [7, 11) is 1.96. The first-order valence-corrected chi connectivity index (χ1v) is 10.4. The molecule has 0 fully saturated rings. The van der Waals surface area contributed by atoms with Gasteiger partial charge >= 0.3 is 0 Å². The van der Waals surface area contributed by atoms with E-state index in [4.69, 9.17) is 16.7 Å². The summed E-state index contributed by atoms with van der Waals surface area (Å²) in [4.78, 5) is 15.2. The summed E-state index contributed by atoms with van der Waals surface area (Å²) in [5, 5.41) is 7.07. The number of benzene rings is 3. The summed E-state index contributed by atoms with van der Waals surface area (Å²) in [6.45, 7) is 1.01. The summed E-state index contributed by atoms with van der Waals surface area (Å²) in [6, 6.07) is 27.7. The summed E-state index contributed by atoms with van der Waals surface area (Å²) in [6.07, 6.45) is 0.680. The Kier molecular flexibility index (Phi) is 6.26. The van der Waals surface area contributed by atoms with Crippen molar-refractivity contribution in [1.29, 1.82) is 0 Å². The molecule has 0 saturated carbocycles. The monoisotopic (exact) mass is 417 g/mol. The van der Waals surface area contributed by atoms with Crippen molar-refractivity contribution in [2.75, 3.05) is 13.6 Å². The van der Waals surface area contributed by atoms with Gasteiger partial charge in [0.25, 0.3) is 5.91 Å². The van der Waals surface area contributed by atoms with Crippen molar-refractivity contribution < 1.29 is 4.79 Å². The predicted octanol–water partition coefficient (Wildman–Crippen LogP) is 5.15. The first-order valence-electron chi connectivity index (χ1n) is 10.0. The predicted molar refractivity (Wildman–Crippen MR) is 121 cm³/mol. The molecule has 0 aromatic heterocycles. The summed E-state index contributed by atoms with van der Waals surface area (Å²) in [5.74, 6) is -0.0145. The van der Waals surface area contributed by atoms with Crippen LogP contribution in [-0.2, 0) is 11.3 Å². The molecule has 152 valence electrons. The van der Waals surface area contributed by atoms with Crippen molar-refractivity contribution in [2.24, 2.45) is 5.10 Å². The molecule has 1 amide bonds. The second kappa shape index (κ2) is 9.24. The Morgan fingerprint density at radius 2 is 1.63 bits per heavy atom. The maximum Gasteiger partial charge on any atom is 0.257 e. The van der Waals surface area contributed by atoms with E-state index < -0.39 is 0 Å². The molecule has 5 heteroatoms. The van der Waals surface area contributed by atoms with Gasteiger partial charge in [0, 0.05) is 18.0 Å². The standard InChI is InChI=1S/C25H24ClN3O/c1-28(17-19-8-4-2-5-9-19)18-25(30)29-24(21-12-14-22(26)15-13-21)16-23(27-29)20-10-6-3-7-11-20/h2-15,24H,16-18H2,1H3. The minimum Gasteiger partial charge on any atom is -0.293 e. The van der Waals surface area contributed by atoms with Crippen LogP contribution in [-0.4, -0.2) is 35.1 Å². The zero-order chi connectivity index (χ0) is 20.9. The Labute approximate surface area is 182 Å². The van der Waals surface area contributed by atoms with Gasteiger partial charge in [-0.3, -0.25) is 9.69 Å². The van der Waals surface area contributed by atoms with Crippen molar-refractivity contribution >= 4 is 23.2 Å². The highest BCUT2D eigenvalue weighted by atomic mass is 35.5. The van der Waals surface area contributed by atoms with E-state index in [-0.39, 0.29) is 11.9 Å². The maximum absolute atomic E-state index is 13.2. The number of carbonyl (C=O) groups excluding carboxylic acids is 1. The van der Waals surface area contributed by atoms with Crippen molar-refractivity contribution in [3.8, 4) is 0 Å². The van der Waals surface area contributed by atoms with E-state index >= 15 is 0 Å². The van der Waals surface area contributed by atoms with Gasteiger partial charge in [-0.2, -0.15) is 5.10 Å². The number of hydrazone groups is 1. The lowest BCUT2D eigenvalue weighted by Gasteiger charge is -2.25. The van der Waals surface area contributed by atoms with Crippen molar-refractivity contribution in [3.63, 3.8) is 0 Å². The average Bonchev–Trinajstić information content (AvgIpc) is 3.21. The van der Waals surface area contributed by atoms with Gasteiger partial charge in [-0.15, -0.1) is 0 Å². The molecule has 3 aromatic rings. The minimum absolute atomic E-state index is 0.0145. The molecule has 1 atom stereocenters. The van der Waals surface area contributed by atoms with E-state index in [1.54, 1.807) is 5.01 Å². The Morgan fingerprint density at radius 3 is 2.30 bits per heavy atom. The molecular formula is C25H24ClN3O. The van der Waals surface area contributed by atoms with Crippen LogP contribution in [0.5, 0.6) is 0 Å². The highest BCUT2D eigenvalue weighted by molar-refractivity contribution is 6.30. The van der Waals surface area contributed by atoms with Gasteiger partial charge in [0.05, 0.1) is 18.3 Å². The number of halogens is 1. The number of rotatable bonds is 6. The zero-order valence-corrected chi connectivity index (χ0v) is 17.7. The highest BCUT2D eigenvalue weighted by Gasteiger charge is 2.33. The van der Waals surface area contributed by atoms with Gasteiger partial charge in [-0.25, -0.2) is 5.01 Å². The van der Waals surface area contributed by atoms with Crippen molar-refractivity contribution in [2.45, 2.75) is 19.0 Å². The van der Waals surface area contributed by atoms with Gasteiger partial charge in [0.1, 0.15) is 0 Å². The lowest BCUT2D eigenvalue weighted by atomic mass is 9.98. The Bertz CT molecular complexity index is 1020. The fourth-order valence-electron chi connectivity index (χ4n) is 3.74. The van der Waals surface area contributed by atoms with E-state index in [9.17, 15) is 4.79 Å². The molecule has 1 aliphatic rings. The van der Waals surface area contributed by atoms with Crippen LogP contribution >= 0.6 is 11.6 Å². The molecule has 0 N–H and O–H groups in total. The van der Waals surface area contributed by atoms with E-state index in [0.717, 1.165) is 16.8 Å². The van der Waals surface area contributed by atoms with Crippen LogP contribution in [0, 0.1) is 0 Å². The average molecular weight is 418 g/mol. The van der Waals surface area contributed by atoms with Crippen LogP contribution in [0.1, 0.15) is 29.2 Å². The van der Waals surface area contributed by atoms with E-state index in [1.165, 1.54) is 5.56 Å². The molecule has 0 saturated heterocycles. The van der Waals surface area contributed by atoms with Crippen LogP contribution < -0.4 is 0 Å². The molecule has 3 aromatic carbocycles. The Balaban J connectivity index is 1.55. The van der Waals surface area contributed by atoms with E-state index in [1.807, 2.05) is 84.7 Å². The van der Waals surface area contributed by atoms with Gasteiger partial charge in [0.2, 0.25) is 0 Å². The summed E-state index contributed by atoms with van der Waals surface area (Å²) in [5.41, 5.74) is 4.18. The zero-order valence-electron chi connectivity index (χ0n) is 16.9. The van der Waals surface area contributed by atoms with Crippen LogP contribution in [0.3, 0.4) is 0 Å². The van der Waals surface area contributed by atoms with Crippen LogP contribution in [0.15, 0.2) is 90.0 Å². The quantitative estimate of drug-likeness (QED) is 0.556. The molecule has 4 nitrogen and oxygen atoms in total. The van der Waals surface area contributed by atoms with E-state index in [2.05, 4.69) is 12.1 Å². The van der Waals surface area contributed by atoms with Crippen molar-refractivity contribution in [1.82, 2.24) is 9.91 Å². The Hall–Kier alpha value is -2.95. The molecule has 1 heterocycles. The summed E-state index contributed by atoms with van der Waals surface area (Å²) < 4.78 is 0. The molecule has 0 radical (unpaired) electrons. The number of hydrogen-bond acceptors (Lipinski definition) is 3. The van der Waals surface area contributed by atoms with E-state index in [0.29, 0.717) is 24.5 Å². The van der Waals surface area contributed by atoms with Gasteiger partial charge in [0.15, 0.2) is 0 Å². The highest BCUT2D eigenvalue weighted by Crippen LogP contribution is 2.33. The van der Waals surface area contributed by atoms with Crippen LogP contribution in [0.25, 0.3) is 0 Å². The fraction of sp³-hybridized carbons (Fsp3) is 0.200. The normalized spacial score (nSPS) is 16.0. The Morgan fingerprint density at radius 1 is 1.00 bits per heavy atom. The topological polar surface area (TPSA) is 35.9 Å². The van der Waals surface area contributed by atoms with Crippen LogP contribution in [0.2, 0.25) is 5.02 Å². The fourth-order valence-corrected chi connectivity index (χ4v) is 3.87. The molecular weight excluding hydrogens is 394 g/mol. The third-order valence-corrected chi connectivity index (χ3v) is 5.48. The number of amides is 1. The number of carbonyl (C=O) groups is 1. The third kappa shape index (κ3) is 4.78. The molecule has 0 bridgehead atoms. The van der Waals surface area contributed by atoms with Gasteiger partial charge < -0.3 is 0 Å². The molecule has 1 unspecified atom stereocenters. The second-order valence-electron chi connectivity index (χ2n) is 7.58. The largest absolute Gasteiger partial charge is 0.293 e. The minimum atomic E-state index is -0.130. The number of nitrogens with zero attached hydrogens (tertiary/aromatic N) is 3. The molecule has 30 heavy (non-hydrogen) atoms. The van der Waals surface area contributed by atoms with Crippen molar-refractivity contribution in [3.05, 3.63) is 107 Å². The third-order valence-electron chi connectivity index (χ3n) is 5.23. The lowest BCUT2D eigenvalue weighted by molar-refractivity contribution is -0.134. The maximum atomic E-state index is 13.2. The summed E-state index contributed by atoms with van der Waals surface area (Å²) >= 11 is 6.07. The number of hydrogen-bond donors (Lipinski definition) is 0. The number of likely N-dealkylation sites (N-methyl/N-ethyl adjacent to an activating group) is 1.